The quantitative estimate of drug-likeness (QED) is 0.768. The van der Waals surface area contributed by atoms with Crippen molar-refractivity contribution in [1.82, 2.24) is 15.1 Å². The summed E-state index contributed by atoms with van der Waals surface area (Å²) in [6.07, 6.45) is 1.53. The van der Waals surface area contributed by atoms with Crippen molar-refractivity contribution in [1.29, 1.82) is 0 Å². The van der Waals surface area contributed by atoms with Gasteiger partial charge in [0.2, 0.25) is 0 Å². The second-order valence-corrected chi connectivity index (χ2v) is 7.50. The zero-order valence-corrected chi connectivity index (χ0v) is 16.6. The Kier molecular flexibility index (Phi) is 5.45. The molecule has 2 aliphatic rings. The smallest absolute Gasteiger partial charge is 0.261 e. The third kappa shape index (κ3) is 3.68. The molecule has 4 rings (SSSR count). The van der Waals surface area contributed by atoms with Gasteiger partial charge in [0.25, 0.3) is 17.7 Å². The SMILES string of the molecule is CCN(C(=O)c1ccc2c(c1)C(=O)N(CCc1ccccc1)C2=O)C1CCNC1. The molecule has 2 heterocycles. The molecule has 2 aromatic rings. The predicted molar refractivity (Wildman–Crippen MR) is 110 cm³/mol. The zero-order valence-electron chi connectivity index (χ0n) is 16.6. The van der Waals surface area contributed by atoms with Crippen LogP contribution in [0.25, 0.3) is 0 Å². The molecular formula is C23H25N3O3. The highest BCUT2D eigenvalue weighted by Gasteiger charge is 2.36. The average Bonchev–Trinajstić information content (AvgIpc) is 3.36. The van der Waals surface area contributed by atoms with E-state index in [0.29, 0.717) is 36.2 Å². The van der Waals surface area contributed by atoms with E-state index in [9.17, 15) is 14.4 Å². The number of likely N-dealkylation sites (N-methyl/N-ethyl adjacent to an activating group) is 1. The average molecular weight is 391 g/mol. The summed E-state index contributed by atoms with van der Waals surface area (Å²) in [6.45, 7) is 4.59. The molecule has 1 fully saturated rings. The lowest BCUT2D eigenvalue weighted by Gasteiger charge is -2.27. The summed E-state index contributed by atoms with van der Waals surface area (Å²) in [5.41, 5.74) is 2.24. The number of fused-ring (bicyclic) bond motifs is 1. The third-order valence-corrected chi connectivity index (χ3v) is 5.76. The van der Waals surface area contributed by atoms with Crippen LogP contribution in [0, 0.1) is 0 Å². The summed E-state index contributed by atoms with van der Waals surface area (Å²) >= 11 is 0. The van der Waals surface area contributed by atoms with Crippen LogP contribution in [0.1, 0.15) is 50.0 Å². The first-order valence-electron chi connectivity index (χ1n) is 10.2. The summed E-state index contributed by atoms with van der Waals surface area (Å²) in [6, 6.07) is 14.8. The van der Waals surface area contributed by atoms with Crippen molar-refractivity contribution in [3.8, 4) is 0 Å². The maximum absolute atomic E-state index is 13.0. The van der Waals surface area contributed by atoms with Gasteiger partial charge in [0.15, 0.2) is 0 Å². The Labute approximate surface area is 170 Å². The van der Waals surface area contributed by atoms with E-state index in [0.717, 1.165) is 25.1 Å². The maximum Gasteiger partial charge on any atom is 0.261 e. The number of carbonyl (C=O) groups is 3. The largest absolute Gasteiger partial charge is 0.335 e. The minimum Gasteiger partial charge on any atom is -0.335 e. The number of imide groups is 1. The molecular weight excluding hydrogens is 366 g/mol. The van der Waals surface area contributed by atoms with Crippen LogP contribution in [0.15, 0.2) is 48.5 Å². The van der Waals surface area contributed by atoms with Gasteiger partial charge in [0.1, 0.15) is 0 Å². The molecule has 1 atom stereocenters. The predicted octanol–water partition coefficient (Wildman–Crippen LogP) is 2.35. The van der Waals surface area contributed by atoms with Crippen molar-refractivity contribution in [2.75, 3.05) is 26.2 Å². The van der Waals surface area contributed by atoms with Crippen LogP contribution >= 0.6 is 0 Å². The first-order valence-corrected chi connectivity index (χ1v) is 10.2. The third-order valence-electron chi connectivity index (χ3n) is 5.76. The Bertz CT molecular complexity index is 936. The molecule has 0 bridgehead atoms. The van der Waals surface area contributed by atoms with E-state index in [-0.39, 0.29) is 23.8 Å². The number of hydrogen-bond acceptors (Lipinski definition) is 4. The van der Waals surface area contributed by atoms with E-state index < -0.39 is 0 Å². The first-order chi connectivity index (χ1) is 14.1. The summed E-state index contributed by atoms with van der Waals surface area (Å²) in [5, 5.41) is 3.28. The van der Waals surface area contributed by atoms with Gasteiger partial charge in [-0.15, -0.1) is 0 Å². The molecule has 0 aliphatic carbocycles. The summed E-state index contributed by atoms with van der Waals surface area (Å²) in [7, 11) is 0. The summed E-state index contributed by atoms with van der Waals surface area (Å²) < 4.78 is 0. The second-order valence-electron chi connectivity index (χ2n) is 7.50. The molecule has 1 N–H and O–H groups in total. The number of carbonyl (C=O) groups excluding carboxylic acids is 3. The molecule has 6 heteroatoms. The van der Waals surface area contributed by atoms with Gasteiger partial charge in [-0.05, 0) is 50.1 Å². The Morgan fingerprint density at radius 2 is 1.86 bits per heavy atom. The van der Waals surface area contributed by atoms with Crippen LogP contribution in [0.4, 0.5) is 0 Å². The minimum atomic E-state index is -0.318. The highest BCUT2D eigenvalue weighted by Crippen LogP contribution is 2.25. The topological polar surface area (TPSA) is 69.7 Å². The molecule has 2 aliphatic heterocycles. The molecule has 2 aromatic carbocycles. The number of rotatable bonds is 6. The van der Waals surface area contributed by atoms with Crippen LogP contribution in [-0.2, 0) is 6.42 Å². The Balaban J connectivity index is 1.52. The number of amides is 3. The van der Waals surface area contributed by atoms with Crippen LogP contribution in [-0.4, -0.2) is 59.7 Å². The summed E-state index contributed by atoms with van der Waals surface area (Å²) in [4.78, 5) is 41.7. The van der Waals surface area contributed by atoms with Crippen molar-refractivity contribution < 1.29 is 14.4 Å². The van der Waals surface area contributed by atoms with Gasteiger partial charge in [-0.3, -0.25) is 19.3 Å². The lowest BCUT2D eigenvalue weighted by Crippen LogP contribution is -2.41. The number of nitrogens with one attached hydrogen (secondary N) is 1. The van der Waals surface area contributed by atoms with E-state index >= 15 is 0 Å². The van der Waals surface area contributed by atoms with Gasteiger partial charge in [-0.1, -0.05) is 30.3 Å². The number of nitrogens with zero attached hydrogens (tertiary/aromatic N) is 2. The van der Waals surface area contributed by atoms with Gasteiger partial charge in [-0.2, -0.15) is 0 Å². The fourth-order valence-electron chi connectivity index (χ4n) is 4.15. The van der Waals surface area contributed by atoms with Crippen LogP contribution in [0.2, 0.25) is 0 Å². The van der Waals surface area contributed by atoms with Crippen molar-refractivity contribution in [2.45, 2.75) is 25.8 Å². The molecule has 3 amide bonds. The van der Waals surface area contributed by atoms with E-state index in [1.54, 1.807) is 18.2 Å². The lowest BCUT2D eigenvalue weighted by atomic mass is 10.0. The van der Waals surface area contributed by atoms with E-state index in [2.05, 4.69) is 5.32 Å². The first kappa shape index (κ1) is 19.3. The van der Waals surface area contributed by atoms with E-state index in [1.807, 2.05) is 42.2 Å². The van der Waals surface area contributed by atoms with Gasteiger partial charge < -0.3 is 10.2 Å². The molecule has 150 valence electrons. The molecule has 6 nitrogen and oxygen atoms in total. The van der Waals surface area contributed by atoms with Gasteiger partial charge in [-0.25, -0.2) is 0 Å². The molecule has 0 radical (unpaired) electrons. The molecule has 0 aromatic heterocycles. The van der Waals surface area contributed by atoms with E-state index in [4.69, 9.17) is 0 Å². The van der Waals surface area contributed by atoms with Crippen LogP contribution < -0.4 is 5.32 Å². The summed E-state index contributed by atoms with van der Waals surface area (Å²) in [5.74, 6) is -0.694. The van der Waals surface area contributed by atoms with Crippen LogP contribution in [0.3, 0.4) is 0 Å². The minimum absolute atomic E-state index is 0.0908. The normalized spacial score (nSPS) is 18.2. The van der Waals surface area contributed by atoms with Gasteiger partial charge in [0.05, 0.1) is 11.1 Å². The molecule has 1 unspecified atom stereocenters. The highest BCUT2D eigenvalue weighted by molar-refractivity contribution is 6.22. The zero-order chi connectivity index (χ0) is 20.4. The maximum atomic E-state index is 13.0. The van der Waals surface area contributed by atoms with Gasteiger partial charge in [0, 0.05) is 31.2 Å². The number of benzene rings is 2. The van der Waals surface area contributed by atoms with E-state index in [1.165, 1.54) is 4.90 Å². The highest BCUT2D eigenvalue weighted by atomic mass is 16.2. The molecule has 1 saturated heterocycles. The van der Waals surface area contributed by atoms with Crippen molar-refractivity contribution in [3.05, 3.63) is 70.8 Å². The van der Waals surface area contributed by atoms with Crippen LogP contribution in [0.5, 0.6) is 0 Å². The number of hydrogen-bond donors (Lipinski definition) is 1. The van der Waals surface area contributed by atoms with Crippen molar-refractivity contribution in [2.24, 2.45) is 0 Å². The standard InChI is InChI=1S/C23H25N3O3/c1-2-25(18-10-12-24-15-18)21(27)17-8-9-19-20(14-17)23(29)26(22(19)28)13-11-16-6-4-3-5-7-16/h3-9,14,18,24H,2,10-13,15H2,1H3. The monoisotopic (exact) mass is 391 g/mol. The second kappa shape index (κ2) is 8.17. The fourth-order valence-corrected chi connectivity index (χ4v) is 4.15. The Morgan fingerprint density at radius 1 is 1.10 bits per heavy atom. The molecule has 29 heavy (non-hydrogen) atoms. The van der Waals surface area contributed by atoms with Crippen molar-refractivity contribution in [3.63, 3.8) is 0 Å². The van der Waals surface area contributed by atoms with Crippen molar-refractivity contribution >= 4 is 17.7 Å². The molecule has 0 spiro atoms. The Hall–Kier alpha value is -2.99. The molecule has 0 saturated carbocycles. The van der Waals surface area contributed by atoms with Gasteiger partial charge >= 0.3 is 0 Å². The lowest BCUT2D eigenvalue weighted by molar-refractivity contribution is 0.0655. The Morgan fingerprint density at radius 3 is 2.55 bits per heavy atom. The fraction of sp³-hybridized carbons (Fsp3) is 0.348.